The summed E-state index contributed by atoms with van der Waals surface area (Å²) in [6.07, 6.45) is -18.0. The minimum absolute atomic E-state index is 0. The van der Waals surface area contributed by atoms with Crippen LogP contribution in [0.3, 0.4) is 0 Å². The molecule has 0 amide bonds. The lowest BCUT2D eigenvalue weighted by atomic mass is 9.73. The SMILES string of the molecule is Cl.FC(F)(F)c1cc(CNCC2(c3ccccc3)CCNCC2)cc(C(F)(F)F)c1.O=C(Cl)c1cc(C(F)(F)F)cc(C(F)(F)F)c1. The first kappa shape index (κ1) is 40.2. The molecule has 3 nitrogen and oxygen atoms in total. The molecule has 1 aliphatic heterocycles. The van der Waals surface area contributed by atoms with E-state index in [9.17, 15) is 57.5 Å². The number of carbonyl (C=O) groups is 1. The van der Waals surface area contributed by atoms with Crippen LogP contribution in [0.2, 0.25) is 0 Å². The van der Waals surface area contributed by atoms with E-state index in [1.54, 1.807) is 0 Å². The van der Waals surface area contributed by atoms with Gasteiger partial charge < -0.3 is 10.6 Å². The standard InChI is InChI=1S/C21H22F6N2.C9H3ClF6O.ClH/c22-20(23,24)17-10-15(11-18(12-17)21(25,26)27)13-29-14-19(6-8-28-9-7-19)16-4-2-1-3-5-16;10-7(17)4-1-5(8(11,12)13)3-6(2-4)9(14,15)16;/h1-5,10-12,28-29H,6-9,13-14H2;1-3H;1H. The number of halogens is 14. The molecule has 47 heavy (non-hydrogen) atoms. The molecule has 17 heteroatoms. The van der Waals surface area contributed by atoms with Crippen LogP contribution >= 0.6 is 24.0 Å². The molecule has 0 saturated carbocycles. The van der Waals surface area contributed by atoms with Crippen LogP contribution in [0.4, 0.5) is 52.7 Å². The van der Waals surface area contributed by atoms with Crippen molar-refractivity contribution in [1.82, 2.24) is 10.6 Å². The highest BCUT2D eigenvalue weighted by Crippen LogP contribution is 2.38. The number of piperidine rings is 1. The van der Waals surface area contributed by atoms with E-state index in [2.05, 4.69) is 10.6 Å². The molecule has 1 saturated heterocycles. The molecule has 2 N–H and O–H groups in total. The predicted octanol–water partition coefficient (Wildman–Crippen LogP) is 9.66. The van der Waals surface area contributed by atoms with Crippen LogP contribution in [0.15, 0.2) is 66.7 Å². The summed E-state index contributed by atoms with van der Waals surface area (Å²) in [7, 11) is 0. The molecule has 1 aliphatic rings. The summed E-state index contributed by atoms with van der Waals surface area (Å²) in [6.45, 7) is 2.00. The third-order valence-corrected chi connectivity index (χ3v) is 7.42. The Hall–Kier alpha value is -3.01. The normalized spacial score (nSPS) is 15.3. The van der Waals surface area contributed by atoms with Crippen LogP contribution in [-0.2, 0) is 36.7 Å². The Morgan fingerprint density at radius 1 is 0.681 bits per heavy atom. The van der Waals surface area contributed by atoms with Crippen molar-refractivity contribution in [3.63, 3.8) is 0 Å². The molecule has 0 radical (unpaired) electrons. The van der Waals surface area contributed by atoms with Crippen molar-refractivity contribution < 1.29 is 57.5 Å². The Balaban J connectivity index is 0.000000366. The van der Waals surface area contributed by atoms with Crippen LogP contribution < -0.4 is 10.6 Å². The van der Waals surface area contributed by atoms with Gasteiger partial charge in [-0.25, -0.2) is 0 Å². The van der Waals surface area contributed by atoms with Crippen molar-refractivity contribution in [1.29, 1.82) is 0 Å². The van der Waals surface area contributed by atoms with Crippen LogP contribution in [0.1, 0.15) is 56.6 Å². The van der Waals surface area contributed by atoms with Gasteiger partial charge in [-0.1, -0.05) is 30.3 Å². The first-order chi connectivity index (χ1) is 21.1. The zero-order valence-electron chi connectivity index (χ0n) is 23.8. The van der Waals surface area contributed by atoms with Crippen LogP contribution in [0.5, 0.6) is 0 Å². The second-order valence-corrected chi connectivity index (χ2v) is 10.8. The van der Waals surface area contributed by atoms with Crippen molar-refractivity contribution in [2.75, 3.05) is 19.6 Å². The fraction of sp³-hybridized carbons (Fsp3) is 0.367. The molecule has 0 aromatic heterocycles. The highest BCUT2D eigenvalue weighted by atomic mass is 35.5. The van der Waals surface area contributed by atoms with E-state index in [4.69, 9.17) is 11.6 Å². The van der Waals surface area contributed by atoms with Gasteiger partial charge in [0, 0.05) is 24.1 Å². The second-order valence-electron chi connectivity index (χ2n) is 10.5. The van der Waals surface area contributed by atoms with Crippen molar-refractivity contribution in [3.05, 3.63) is 106 Å². The van der Waals surface area contributed by atoms with Gasteiger partial charge in [-0.3, -0.25) is 4.79 Å². The molecule has 4 rings (SSSR count). The van der Waals surface area contributed by atoms with E-state index >= 15 is 0 Å². The summed E-state index contributed by atoms with van der Waals surface area (Å²) in [5, 5.41) is 5.01. The Morgan fingerprint density at radius 2 is 1.09 bits per heavy atom. The molecular formula is C30H26Cl2F12N2O. The Morgan fingerprint density at radius 3 is 1.47 bits per heavy atom. The van der Waals surface area contributed by atoms with Crippen LogP contribution in [0.25, 0.3) is 0 Å². The van der Waals surface area contributed by atoms with Gasteiger partial charge >= 0.3 is 24.7 Å². The summed E-state index contributed by atoms with van der Waals surface area (Å²) >= 11 is 4.87. The molecular weight excluding hydrogens is 703 g/mol. The maximum Gasteiger partial charge on any atom is 0.416 e. The van der Waals surface area contributed by atoms with Gasteiger partial charge in [0.1, 0.15) is 0 Å². The molecule has 0 spiro atoms. The van der Waals surface area contributed by atoms with E-state index in [1.807, 2.05) is 30.3 Å². The Kier molecular flexibility index (Phi) is 13.2. The third kappa shape index (κ3) is 11.3. The predicted molar refractivity (Wildman–Crippen MR) is 152 cm³/mol. The van der Waals surface area contributed by atoms with Gasteiger partial charge in [0.15, 0.2) is 0 Å². The topological polar surface area (TPSA) is 41.1 Å². The van der Waals surface area contributed by atoms with Crippen molar-refractivity contribution in [2.24, 2.45) is 0 Å². The average Bonchev–Trinajstić information content (AvgIpc) is 2.96. The van der Waals surface area contributed by atoms with Gasteiger partial charge in [-0.05, 0) is 85.1 Å². The molecule has 1 fully saturated rings. The maximum atomic E-state index is 13.0. The zero-order chi connectivity index (χ0) is 34.6. The zero-order valence-corrected chi connectivity index (χ0v) is 25.4. The van der Waals surface area contributed by atoms with E-state index in [-0.39, 0.29) is 54.2 Å². The Bertz CT molecular complexity index is 1420. The largest absolute Gasteiger partial charge is 0.416 e. The number of rotatable bonds is 6. The number of hydrogen-bond acceptors (Lipinski definition) is 3. The first-order valence-electron chi connectivity index (χ1n) is 13.4. The van der Waals surface area contributed by atoms with Crippen molar-refractivity contribution >= 4 is 29.3 Å². The lowest BCUT2D eigenvalue weighted by Gasteiger charge is -2.38. The maximum absolute atomic E-state index is 13.0. The van der Waals surface area contributed by atoms with Crippen LogP contribution in [-0.4, -0.2) is 24.9 Å². The first-order valence-corrected chi connectivity index (χ1v) is 13.7. The van der Waals surface area contributed by atoms with E-state index in [1.165, 1.54) is 0 Å². The fourth-order valence-electron chi connectivity index (χ4n) is 4.90. The highest BCUT2D eigenvalue weighted by molar-refractivity contribution is 6.67. The summed E-state index contributed by atoms with van der Waals surface area (Å²) in [5.74, 6) is 0. The molecule has 3 aromatic rings. The quantitative estimate of drug-likeness (QED) is 0.196. The Labute approximate surface area is 272 Å². The van der Waals surface area contributed by atoms with Crippen molar-refractivity contribution in [3.8, 4) is 0 Å². The highest BCUT2D eigenvalue weighted by Gasteiger charge is 2.39. The lowest BCUT2D eigenvalue weighted by molar-refractivity contribution is -0.144. The van der Waals surface area contributed by atoms with Crippen molar-refractivity contribution in [2.45, 2.75) is 49.5 Å². The van der Waals surface area contributed by atoms with E-state index < -0.39 is 57.8 Å². The molecule has 0 unspecified atom stereocenters. The van der Waals surface area contributed by atoms with Gasteiger partial charge in [0.05, 0.1) is 22.3 Å². The molecule has 3 aromatic carbocycles. The minimum Gasteiger partial charge on any atom is -0.317 e. The van der Waals surface area contributed by atoms with Gasteiger partial charge in [0.2, 0.25) is 0 Å². The average molecular weight is 729 g/mol. The fourth-order valence-corrected chi connectivity index (χ4v) is 5.01. The van der Waals surface area contributed by atoms with Gasteiger partial charge in [-0.15, -0.1) is 12.4 Å². The third-order valence-electron chi connectivity index (χ3n) is 7.20. The summed E-state index contributed by atoms with van der Waals surface area (Å²) in [5.41, 5.74) is -5.70. The van der Waals surface area contributed by atoms with E-state index in [0.29, 0.717) is 6.54 Å². The number of hydrogen-bond donors (Lipinski definition) is 2. The number of nitrogens with one attached hydrogen (secondary N) is 2. The minimum atomic E-state index is -4.98. The van der Waals surface area contributed by atoms with Gasteiger partial charge in [0.25, 0.3) is 5.24 Å². The molecule has 0 bridgehead atoms. The smallest absolute Gasteiger partial charge is 0.317 e. The van der Waals surface area contributed by atoms with E-state index in [0.717, 1.165) is 43.6 Å². The van der Waals surface area contributed by atoms with Gasteiger partial charge in [-0.2, -0.15) is 52.7 Å². The molecule has 1 heterocycles. The molecule has 0 atom stereocenters. The number of alkyl halides is 12. The number of carbonyl (C=O) groups excluding carboxylic acids is 1. The lowest BCUT2D eigenvalue weighted by Crippen LogP contribution is -2.46. The second kappa shape index (κ2) is 15.5. The monoisotopic (exact) mass is 728 g/mol. The summed E-state index contributed by atoms with van der Waals surface area (Å²) in [4.78, 5) is 10.6. The molecule has 260 valence electrons. The van der Waals surface area contributed by atoms with Crippen LogP contribution in [0, 0.1) is 0 Å². The summed E-state index contributed by atoms with van der Waals surface area (Å²) < 4.78 is 152. The summed E-state index contributed by atoms with van der Waals surface area (Å²) in [6, 6.07) is 12.0. The number of benzene rings is 3. The molecule has 0 aliphatic carbocycles.